The Labute approximate surface area is 106 Å². The molecule has 0 amide bonds. The number of nitrogens with zero attached hydrogens (tertiary/aromatic N) is 3. The number of ketones is 1. The maximum Gasteiger partial charge on any atom is 0.182 e. The molecule has 0 bridgehead atoms. The first kappa shape index (κ1) is 12.4. The average Bonchev–Trinajstić information content (AvgIpc) is 2.83. The lowest BCUT2D eigenvalue weighted by Gasteiger charge is -2.10. The minimum absolute atomic E-state index is 0.0221. The van der Waals surface area contributed by atoms with Crippen LogP contribution < -0.4 is 5.73 Å². The molecule has 0 radical (unpaired) electrons. The van der Waals surface area contributed by atoms with Gasteiger partial charge in [0.15, 0.2) is 5.78 Å². The number of aryl methyl sites for hydroxylation is 1. The summed E-state index contributed by atoms with van der Waals surface area (Å²) in [4.78, 5) is 11.9. The second-order valence-electron chi connectivity index (χ2n) is 4.22. The monoisotopic (exact) mass is 244 g/mol. The summed E-state index contributed by atoms with van der Waals surface area (Å²) in [5.41, 5.74) is 7.62. The Bertz CT molecular complexity index is 521. The Balaban J connectivity index is 1.93. The van der Waals surface area contributed by atoms with E-state index >= 15 is 0 Å². The standard InChI is InChI=1S/C13H16N4O/c1-17-12(9-15-16-17)13(18)8-7-11(14)10-5-3-2-4-6-10/h2-6,9,11H,7-8,14H2,1H3. The summed E-state index contributed by atoms with van der Waals surface area (Å²) in [6.45, 7) is 0. The van der Waals surface area contributed by atoms with Crippen LogP contribution in [0, 0.1) is 0 Å². The number of rotatable bonds is 5. The maximum atomic E-state index is 11.9. The van der Waals surface area contributed by atoms with Crippen molar-refractivity contribution < 1.29 is 4.79 Å². The molecule has 2 N–H and O–H groups in total. The highest BCUT2D eigenvalue weighted by molar-refractivity contribution is 5.94. The number of hydrogen-bond donors (Lipinski definition) is 1. The minimum Gasteiger partial charge on any atom is -0.324 e. The van der Waals surface area contributed by atoms with Crippen LogP contribution in [0.15, 0.2) is 36.5 Å². The van der Waals surface area contributed by atoms with Crippen molar-refractivity contribution in [2.24, 2.45) is 12.8 Å². The summed E-state index contributed by atoms with van der Waals surface area (Å²) in [5.74, 6) is 0.0221. The van der Waals surface area contributed by atoms with Crippen molar-refractivity contribution in [1.82, 2.24) is 15.0 Å². The maximum absolute atomic E-state index is 11.9. The predicted octanol–water partition coefficient (Wildman–Crippen LogP) is 1.48. The van der Waals surface area contributed by atoms with Crippen LogP contribution in [0.4, 0.5) is 0 Å². The smallest absolute Gasteiger partial charge is 0.182 e. The molecular formula is C13H16N4O. The zero-order valence-electron chi connectivity index (χ0n) is 10.3. The number of nitrogens with two attached hydrogens (primary N) is 1. The van der Waals surface area contributed by atoms with Gasteiger partial charge in [0.05, 0.1) is 6.20 Å². The molecule has 0 aliphatic heterocycles. The van der Waals surface area contributed by atoms with Crippen LogP contribution >= 0.6 is 0 Å². The normalized spacial score (nSPS) is 12.3. The molecule has 94 valence electrons. The van der Waals surface area contributed by atoms with E-state index in [-0.39, 0.29) is 11.8 Å². The van der Waals surface area contributed by atoms with Crippen LogP contribution in [0.3, 0.4) is 0 Å². The fourth-order valence-electron chi connectivity index (χ4n) is 1.82. The van der Waals surface area contributed by atoms with Gasteiger partial charge in [-0.1, -0.05) is 35.5 Å². The summed E-state index contributed by atoms with van der Waals surface area (Å²) >= 11 is 0. The van der Waals surface area contributed by atoms with Gasteiger partial charge < -0.3 is 5.73 Å². The zero-order valence-corrected chi connectivity index (χ0v) is 10.3. The number of aromatic nitrogens is 3. The molecule has 2 rings (SSSR count). The molecule has 0 fully saturated rings. The molecule has 18 heavy (non-hydrogen) atoms. The van der Waals surface area contributed by atoms with Gasteiger partial charge in [0.1, 0.15) is 5.69 Å². The van der Waals surface area contributed by atoms with E-state index in [0.29, 0.717) is 18.5 Å². The van der Waals surface area contributed by atoms with Crippen molar-refractivity contribution in [3.63, 3.8) is 0 Å². The molecule has 0 saturated carbocycles. The highest BCUT2D eigenvalue weighted by atomic mass is 16.1. The summed E-state index contributed by atoms with van der Waals surface area (Å²) in [6.07, 6.45) is 2.50. The van der Waals surface area contributed by atoms with Gasteiger partial charge in [0.25, 0.3) is 0 Å². The summed E-state index contributed by atoms with van der Waals surface area (Å²) < 4.78 is 1.48. The largest absolute Gasteiger partial charge is 0.324 e. The van der Waals surface area contributed by atoms with Crippen molar-refractivity contribution >= 4 is 5.78 Å². The highest BCUT2D eigenvalue weighted by Gasteiger charge is 2.13. The Kier molecular flexibility index (Phi) is 3.84. The van der Waals surface area contributed by atoms with Crippen LogP contribution in [-0.4, -0.2) is 20.8 Å². The van der Waals surface area contributed by atoms with Gasteiger partial charge in [-0.05, 0) is 12.0 Å². The lowest BCUT2D eigenvalue weighted by molar-refractivity contribution is 0.0968. The van der Waals surface area contributed by atoms with Gasteiger partial charge in [-0.25, -0.2) is 4.68 Å². The SMILES string of the molecule is Cn1nncc1C(=O)CCC(N)c1ccccc1. The lowest BCUT2D eigenvalue weighted by atomic mass is 10.0. The van der Waals surface area contributed by atoms with Crippen LogP contribution in [0.2, 0.25) is 0 Å². The molecule has 0 saturated heterocycles. The second kappa shape index (κ2) is 5.55. The number of carbonyl (C=O) groups is 1. The Morgan fingerprint density at radius 2 is 2.11 bits per heavy atom. The van der Waals surface area contributed by atoms with Gasteiger partial charge in [0, 0.05) is 19.5 Å². The van der Waals surface area contributed by atoms with Crippen molar-refractivity contribution in [1.29, 1.82) is 0 Å². The van der Waals surface area contributed by atoms with E-state index < -0.39 is 0 Å². The molecule has 1 heterocycles. The molecular weight excluding hydrogens is 228 g/mol. The van der Waals surface area contributed by atoms with Gasteiger partial charge in [0.2, 0.25) is 0 Å². The molecule has 2 aromatic rings. The quantitative estimate of drug-likeness (QED) is 0.808. The van der Waals surface area contributed by atoms with Crippen molar-refractivity contribution in [3.8, 4) is 0 Å². The van der Waals surface area contributed by atoms with Crippen LogP contribution in [0.5, 0.6) is 0 Å². The topological polar surface area (TPSA) is 73.8 Å². The number of carbonyl (C=O) groups excluding carboxylic acids is 1. The van der Waals surface area contributed by atoms with Gasteiger partial charge >= 0.3 is 0 Å². The van der Waals surface area contributed by atoms with Crippen LogP contribution in [0.1, 0.15) is 34.9 Å². The average molecular weight is 244 g/mol. The molecule has 0 aliphatic rings. The molecule has 1 unspecified atom stereocenters. The molecule has 1 atom stereocenters. The van der Waals surface area contributed by atoms with E-state index in [9.17, 15) is 4.79 Å². The van der Waals surface area contributed by atoms with E-state index in [2.05, 4.69) is 10.3 Å². The van der Waals surface area contributed by atoms with E-state index in [1.54, 1.807) is 7.05 Å². The third kappa shape index (κ3) is 2.81. The van der Waals surface area contributed by atoms with Crippen molar-refractivity contribution in [3.05, 3.63) is 47.8 Å². The Morgan fingerprint density at radius 1 is 1.39 bits per heavy atom. The molecule has 1 aromatic heterocycles. The summed E-state index contributed by atoms with van der Waals surface area (Å²) in [6, 6.07) is 9.67. The Hall–Kier alpha value is -2.01. The van der Waals surface area contributed by atoms with E-state index in [1.807, 2.05) is 30.3 Å². The van der Waals surface area contributed by atoms with Crippen LogP contribution in [-0.2, 0) is 7.05 Å². The first-order valence-corrected chi connectivity index (χ1v) is 5.87. The molecule has 5 nitrogen and oxygen atoms in total. The fourth-order valence-corrected chi connectivity index (χ4v) is 1.82. The minimum atomic E-state index is -0.115. The first-order chi connectivity index (χ1) is 8.68. The van der Waals surface area contributed by atoms with E-state index in [0.717, 1.165) is 5.56 Å². The molecule has 0 spiro atoms. The zero-order chi connectivity index (χ0) is 13.0. The van der Waals surface area contributed by atoms with Gasteiger partial charge in [-0.2, -0.15) is 0 Å². The van der Waals surface area contributed by atoms with Gasteiger partial charge in [-0.15, -0.1) is 5.10 Å². The van der Waals surface area contributed by atoms with E-state index in [4.69, 9.17) is 5.73 Å². The number of benzene rings is 1. The first-order valence-electron chi connectivity index (χ1n) is 5.87. The highest BCUT2D eigenvalue weighted by Crippen LogP contribution is 2.16. The number of hydrogen-bond acceptors (Lipinski definition) is 4. The summed E-state index contributed by atoms with van der Waals surface area (Å²) in [7, 11) is 1.71. The third-order valence-corrected chi connectivity index (χ3v) is 2.91. The second-order valence-corrected chi connectivity index (χ2v) is 4.22. The predicted molar refractivity (Wildman–Crippen MR) is 67.9 cm³/mol. The molecule has 5 heteroatoms. The van der Waals surface area contributed by atoms with Gasteiger partial charge in [-0.3, -0.25) is 4.79 Å². The van der Waals surface area contributed by atoms with Crippen molar-refractivity contribution in [2.75, 3.05) is 0 Å². The fraction of sp³-hybridized carbons (Fsp3) is 0.308. The van der Waals surface area contributed by atoms with E-state index in [1.165, 1.54) is 10.9 Å². The number of Topliss-reactive ketones (excluding diaryl/α,β-unsaturated/α-hetero) is 1. The van der Waals surface area contributed by atoms with Crippen molar-refractivity contribution in [2.45, 2.75) is 18.9 Å². The summed E-state index contributed by atoms with van der Waals surface area (Å²) in [5, 5.41) is 7.43. The lowest BCUT2D eigenvalue weighted by Crippen LogP contribution is -2.14. The third-order valence-electron chi connectivity index (χ3n) is 2.91. The molecule has 1 aromatic carbocycles. The Morgan fingerprint density at radius 3 is 2.72 bits per heavy atom. The van der Waals surface area contributed by atoms with Crippen LogP contribution in [0.25, 0.3) is 0 Å². The molecule has 0 aliphatic carbocycles.